The van der Waals surface area contributed by atoms with Crippen LogP contribution >= 0.6 is 0 Å². The van der Waals surface area contributed by atoms with E-state index in [1.807, 2.05) is 0 Å². The van der Waals surface area contributed by atoms with Crippen LogP contribution in [0.1, 0.15) is 10.4 Å². The molecule has 1 unspecified atom stereocenters. The number of aliphatic carboxylic acids is 1. The first kappa shape index (κ1) is 13.0. The molecule has 1 aromatic rings. The van der Waals surface area contributed by atoms with Crippen LogP contribution in [0.2, 0.25) is 0 Å². The fourth-order valence-electron chi connectivity index (χ4n) is 1.30. The number of carboxylic acid groups (broad SMARTS) is 1. The van der Waals surface area contributed by atoms with E-state index in [1.54, 1.807) is 18.2 Å². The van der Waals surface area contributed by atoms with Crippen LogP contribution in [0, 0.1) is 0 Å². The molecule has 1 aromatic carbocycles. The summed E-state index contributed by atoms with van der Waals surface area (Å²) < 4.78 is 4.78. The van der Waals surface area contributed by atoms with E-state index in [2.05, 4.69) is 5.32 Å². The highest BCUT2D eigenvalue weighted by molar-refractivity contribution is 5.93. The zero-order valence-electron chi connectivity index (χ0n) is 9.34. The van der Waals surface area contributed by atoms with Gasteiger partial charge in [0, 0.05) is 18.4 Å². The Morgan fingerprint density at radius 2 is 2.24 bits per heavy atom. The zero-order chi connectivity index (χ0) is 12.8. The number of rotatable bonds is 6. The van der Waals surface area contributed by atoms with Gasteiger partial charge in [-0.05, 0) is 18.2 Å². The molecule has 0 aliphatic carbocycles. The Hall–Kier alpha value is -2.08. The molecule has 0 aromatic heterocycles. The summed E-state index contributed by atoms with van der Waals surface area (Å²) >= 11 is 0. The average molecular weight is 238 g/mol. The fraction of sp³-hybridized carbons (Fsp3) is 0.273. The Balaban J connectivity index is 2.82. The smallest absolute Gasteiger partial charge is 0.328 e. The number of methoxy groups -OCH3 is 1. The van der Waals surface area contributed by atoms with Gasteiger partial charge in [0.1, 0.15) is 6.04 Å². The monoisotopic (exact) mass is 238 g/mol. The quantitative estimate of drug-likeness (QED) is 0.661. The highest BCUT2D eigenvalue weighted by atomic mass is 16.5. The molecular weight excluding hydrogens is 224 g/mol. The molecule has 1 atom stereocenters. The standard InChI is InChI=1S/C11H14N2O4/c1-17-6-9(11(15)16)13-8-4-2-3-7(5-8)10(12)14/h2-5,9,13H,6H2,1H3,(H2,12,14)(H,15,16). The molecular formula is C11H14N2O4. The minimum Gasteiger partial charge on any atom is -0.480 e. The van der Waals surface area contributed by atoms with Crippen molar-refractivity contribution in [1.29, 1.82) is 0 Å². The van der Waals surface area contributed by atoms with Crippen LogP contribution in [-0.2, 0) is 9.53 Å². The van der Waals surface area contributed by atoms with Gasteiger partial charge in [0.25, 0.3) is 0 Å². The molecule has 0 heterocycles. The summed E-state index contributed by atoms with van der Waals surface area (Å²) in [6.07, 6.45) is 0. The lowest BCUT2D eigenvalue weighted by molar-refractivity contribution is -0.139. The van der Waals surface area contributed by atoms with Crippen molar-refractivity contribution in [1.82, 2.24) is 0 Å². The predicted molar refractivity (Wildman–Crippen MR) is 61.9 cm³/mol. The summed E-state index contributed by atoms with van der Waals surface area (Å²) in [5.74, 6) is -1.59. The molecule has 17 heavy (non-hydrogen) atoms. The van der Waals surface area contributed by atoms with Crippen molar-refractivity contribution in [3.05, 3.63) is 29.8 Å². The Bertz CT molecular complexity index is 420. The van der Waals surface area contributed by atoms with Crippen molar-refractivity contribution in [2.75, 3.05) is 19.0 Å². The minimum absolute atomic E-state index is 0.0239. The number of carbonyl (C=O) groups excluding carboxylic acids is 1. The maximum atomic E-state index is 11.0. The van der Waals surface area contributed by atoms with Gasteiger partial charge in [-0.1, -0.05) is 6.07 Å². The summed E-state index contributed by atoms with van der Waals surface area (Å²) in [4.78, 5) is 21.8. The fourth-order valence-corrected chi connectivity index (χ4v) is 1.30. The first-order chi connectivity index (χ1) is 8.04. The Morgan fingerprint density at radius 1 is 1.53 bits per heavy atom. The van der Waals surface area contributed by atoms with Crippen molar-refractivity contribution in [2.24, 2.45) is 5.73 Å². The van der Waals surface area contributed by atoms with Gasteiger partial charge in [0.15, 0.2) is 0 Å². The molecule has 6 nitrogen and oxygen atoms in total. The minimum atomic E-state index is -1.03. The topological polar surface area (TPSA) is 102 Å². The second kappa shape index (κ2) is 5.86. The lowest BCUT2D eigenvalue weighted by Crippen LogP contribution is -2.33. The van der Waals surface area contributed by atoms with Gasteiger partial charge in [-0.2, -0.15) is 0 Å². The number of benzene rings is 1. The molecule has 0 fully saturated rings. The molecule has 1 amide bonds. The number of hydrogen-bond acceptors (Lipinski definition) is 4. The number of carboxylic acids is 1. The van der Waals surface area contributed by atoms with Crippen LogP contribution in [0.25, 0.3) is 0 Å². The number of anilines is 1. The van der Waals surface area contributed by atoms with E-state index in [-0.39, 0.29) is 6.61 Å². The van der Waals surface area contributed by atoms with Crippen LogP contribution < -0.4 is 11.1 Å². The van der Waals surface area contributed by atoms with E-state index in [0.29, 0.717) is 11.3 Å². The van der Waals surface area contributed by atoms with Crippen LogP contribution in [0.3, 0.4) is 0 Å². The summed E-state index contributed by atoms with van der Waals surface area (Å²) in [5, 5.41) is 11.7. The molecule has 92 valence electrons. The van der Waals surface area contributed by atoms with Gasteiger partial charge < -0.3 is 20.9 Å². The van der Waals surface area contributed by atoms with Gasteiger partial charge in [-0.3, -0.25) is 4.79 Å². The van der Waals surface area contributed by atoms with Gasteiger partial charge in [-0.15, -0.1) is 0 Å². The number of ether oxygens (including phenoxy) is 1. The number of nitrogens with two attached hydrogens (primary N) is 1. The first-order valence-electron chi connectivity index (χ1n) is 4.92. The summed E-state index contributed by atoms with van der Waals surface area (Å²) in [6.45, 7) is 0.0239. The molecule has 0 saturated heterocycles. The Morgan fingerprint density at radius 3 is 2.76 bits per heavy atom. The van der Waals surface area contributed by atoms with Crippen molar-refractivity contribution in [3.8, 4) is 0 Å². The lowest BCUT2D eigenvalue weighted by atomic mass is 10.2. The van der Waals surface area contributed by atoms with Crippen molar-refractivity contribution < 1.29 is 19.4 Å². The second-order valence-corrected chi connectivity index (χ2v) is 3.44. The summed E-state index contributed by atoms with van der Waals surface area (Å²) in [5.41, 5.74) is 5.95. The molecule has 0 saturated carbocycles. The van der Waals surface area contributed by atoms with E-state index in [4.69, 9.17) is 15.6 Å². The van der Waals surface area contributed by atoms with E-state index < -0.39 is 17.9 Å². The van der Waals surface area contributed by atoms with E-state index in [0.717, 1.165) is 0 Å². The van der Waals surface area contributed by atoms with Crippen LogP contribution in [0.4, 0.5) is 5.69 Å². The molecule has 0 aliphatic rings. The second-order valence-electron chi connectivity index (χ2n) is 3.44. The van der Waals surface area contributed by atoms with Crippen LogP contribution in [-0.4, -0.2) is 36.7 Å². The Labute approximate surface area is 98.4 Å². The van der Waals surface area contributed by atoms with Crippen molar-refractivity contribution in [2.45, 2.75) is 6.04 Å². The third-order valence-corrected chi connectivity index (χ3v) is 2.12. The zero-order valence-corrected chi connectivity index (χ0v) is 9.34. The summed E-state index contributed by atoms with van der Waals surface area (Å²) in [6, 6.07) is 5.45. The van der Waals surface area contributed by atoms with E-state index >= 15 is 0 Å². The highest BCUT2D eigenvalue weighted by Gasteiger charge is 2.16. The molecule has 0 bridgehead atoms. The number of amides is 1. The molecule has 0 aliphatic heterocycles. The van der Waals surface area contributed by atoms with Crippen molar-refractivity contribution >= 4 is 17.6 Å². The highest BCUT2D eigenvalue weighted by Crippen LogP contribution is 2.11. The Kier molecular flexibility index (Phi) is 4.47. The molecule has 6 heteroatoms. The van der Waals surface area contributed by atoms with Crippen LogP contribution in [0.5, 0.6) is 0 Å². The number of carbonyl (C=O) groups is 2. The number of nitrogens with one attached hydrogen (secondary N) is 1. The van der Waals surface area contributed by atoms with Gasteiger partial charge in [0.2, 0.25) is 5.91 Å². The first-order valence-corrected chi connectivity index (χ1v) is 4.92. The predicted octanol–water partition coefficient (Wildman–Crippen LogP) is 0.297. The largest absolute Gasteiger partial charge is 0.480 e. The molecule has 0 radical (unpaired) electrons. The molecule has 0 spiro atoms. The van der Waals surface area contributed by atoms with Crippen molar-refractivity contribution in [3.63, 3.8) is 0 Å². The molecule has 1 rings (SSSR count). The number of hydrogen-bond donors (Lipinski definition) is 3. The maximum absolute atomic E-state index is 11.0. The normalized spacial score (nSPS) is 11.8. The van der Waals surface area contributed by atoms with E-state index in [9.17, 15) is 9.59 Å². The molecule has 4 N–H and O–H groups in total. The summed E-state index contributed by atoms with van der Waals surface area (Å²) in [7, 11) is 1.41. The van der Waals surface area contributed by atoms with Gasteiger partial charge in [0.05, 0.1) is 6.61 Å². The average Bonchev–Trinajstić information content (AvgIpc) is 2.28. The maximum Gasteiger partial charge on any atom is 0.328 e. The lowest BCUT2D eigenvalue weighted by Gasteiger charge is -2.15. The SMILES string of the molecule is COCC(Nc1cccc(C(N)=O)c1)C(=O)O. The number of primary amides is 1. The van der Waals surface area contributed by atoms with Crippen LogP contribution in [0.15, 0.2) is 24.3 Å². The van der Waals surface area contributed by atoms with E-state index in [1.165, 1.54) is 13.2 Å². The van der Waals surface area contributed by atoms with Gasteiger partial charge >= 0.3 is 5.97 Å². The van der Waals surface area contributed by atoms with Gasteiger partial charge in [-0.25, -0.2) is 4.79 Å². The third-order valence-electron chi connectivity index (χ3n) is 2.12. The third kappa shape index (κ3) is 3.76.